The number of rotatable bonds is 7. The Labute approximate surface area is 194 Å². The first-order valence-electron chi connectivity index (χ1n) is 9.31. The molecule has 4 heterocycles. The second-order valence-electron chi connectivity index (χ2n) is 6.87. The van der Waals surface area contributed by atoms with Gasteiger partial charge >= 0.3 is 11.9 Å². The standard InChI is InChI=1S/C18H17N5O8S2/c1-6-3-9(31-17(6)28)30-8-5-32-15-11(14(25)23(15)12(8)16(26)27)21-13(24)10(22-29-2)7-4-33-18(19)20-7/h3-4,9,11,15H,5H2,1-2H3,(H2,19,20)(H,21,24)(H,26,27)/b22-10-/t9?,11-,15-/m1/s1. The minimum atomic E-state index is -1.39. The van der Waals surface area contributed by atoms with Crippen LogP contribution in [-0.4, -0.2) is 75.0 Å². The highest BCUT2D eigenvalue weighted by molar-refractivity contribution is 8.00. The topological polar surface area (TPSA) is 183 Å². The van der Waals surface area contributed by atoms with E-state index in [1.54, 1.807) is 0 Å². The zero-order valence-corrected chi connectivity index (χ0v) is 18.8. The number of nitrogens with zero attached hydrogens (tertiary/aromatic N) is 3. The first kappa shape index (κ1) is 22.6. The van der Waals surface area contributed by atoms with Crippen LogP contribution < -0.4 is 11.1 Å². The Morgan fingerprint density at radius 1 is 1.42 bits per heavy atom. The maximum atomic E-state index is 12.8. The second kappa shape index (κ2) is 8.74. The van der Waals surface area contributed by atoms with E-state index in [-0.39, 0.29) is 33.7 Å². The zero-order valence-electron chi connectivity index (χ0n) is 17.1. The summed E-state index contributed by atoms with van der Waals surface area (Å²) in [6.07, 6.45) is 0.332. The molecule has 33 heavy (non-hydrogen) atoms. The highest BCUT2D eigenvalue weighted by Crippen LogP contribution is 2.41. The van der Waals surface area contributed by atoms with Crippen molar-refractivity contribution in [3.8, 4) is 0 Å². The number of oxime groups is 1. The zero-order chi connectivity index (χ0) is 23.9. The average molecular weight is 495 g/mol. The minimum absolute atomic E-state index is 0.0230. The summed E-state index contributed by atoms with van der Waals surface area (Å²) in [5, 5.41) is 16.9. The van der Waals surface area contributed by atoms with Gasteiger partial charge in [-0.25, -0.2) is 14.6 Å². The summed E-state index contributed by atoms with van der Waals surface area (Å²) in [5.74, 6) is -3.29. The highest BCUT2D eigenvalue weighted by atomic mass is 32.2. The van der Waals surface area contributed by atoms with Crippen LogP contribution in [0.15, 0.2) is 33.6 Å². The minimum Gasteiger partial charge on any atom is -0.476 e. The number of carbonyl (C=O) groups is 4. The number of thioether (sulfide) groups is 1. The Kier molecular flexibility index (Phi) is 5.99. The number of nitrogens with one attached hydrogen (secondary N) is 1. The average Bonchev–Trinajstić information content (AvgIpc) is 3.33. The molecule has 1 saturated heterocycles. The van der Waals surface area contributed by atoms with Crippen LogP contribution in [0.25, 0.3) is 0 Å². The molecule has 2 amide bonds. The van der Waals surface area contributed by atoms with E-state index in [0.29, 0.717) is 5.57 Å². The third kappa shape index (κ3) is 4.11. The number of hydrogen-bond donors (Lipinski definition) is 3. The van der Waals surface area contributed by atoms with Crippen molar-refractivity contribution in [2.24, 2.45) is 5.16 Å². The van der Waals surface area contributed by atoms with Crippen LogP contribution in [0.5, 0.6) is 0 Å². The maximum Gasteiger partial charge on any atom is 0.356 e. The Morgan fingerprint density at radius 2 is 2.18 bits per heavy atom. The van der Waals surface area contributed by atoms with Crippen molar-refractivity contribution in [3.05, 3.63) is 34.2 Å². The quantitative estimate of drug-likeness (QED) is 0.194. The number of fused-ring (bicyclic) bond motifs is 1. The van der Waals surface area contributed by atoms with Gasteiger partial charge in [0.25, 0.3) is 18.1 Å². The lowest BCUT2D eigenvalue weighted by Gasteiger charge is -2.49. The summed E-state index contributed by atoms with van der Waals surface area (Å²) in [6, 6.07) is -1.01. The third-order valence-corrected chi connectivity index (χ3v) is 6.70. The van der Waals surface area contributed by atoms with E-state index in [4.69, 9.17) is 20.0 Å². The number of cyclic esters (lactones) is 1. The van der Waals surface area contributed by atoms with Gasteiger partial charge in [0, 0.05) is 17.0 Å². The number of nitrogen functional groups attached to an aromatic ring is 1. The lowest BCUT2D eigenvalue weighted by molar-refractivity contribution is -0.156. The number of ether oxygens (including phenoxy) is 2. The van der Waals surface area contributed by atoms with Crippen LogP contribution in [0.1, 0.15) is 12.6 Å². The lowest BCUT2D eigenvalue weighted by Crippen LogP contribution is -2.71. The van der Waals surface area contributed by atoms with Crippen LogP contribution in [0.4, 0.5) is 5.13 Å². The molecule has 1 aromatic heterocycles. The van der Waals surface area contributed by atoms with E-state index >= 15 is 0 Å². The fourth-order valence-electron chi connectivity index (χ4n) is 3.29. The lowest BCUT2D eigenvalue weighted by atomic mass is 10.0. The molecule has 1 aromatic rings. The Balaban J connectivity index is 1.51. The smallest absolute Gasteiger partial charge is 0.356 e. The SMILES string of the molecule is CO/N=C(\C(=O)N[C@@H]1C(=O)N2C(C(=O)O)=C(OC3C=C(C)C(=O)O3)CS[C@H]12)c1csc(N)n1. The molecule has 0 aromatic carbocycles. The molecular formula is C18H17N5O8S2. The summed E-state index contributed by atoms with van der Waals surface area (Å²) >= 11 is 2.28. The number of aliphatic carboxylic acids is 1. The highest BCUT2D eigenvalue weighted by Gasteiger charge is 2.55. The van der Waals surface area contributed by atoms with Gasteiger partial charge in [-0.1, -0.05) is 5.16 Å². The van der Waals surface area contributed by atoms with Crippen molar-refractivity contribution in [1.29, 1.82) is 0 Å². The Hall–Kier alpha value is -3.59. The molecule has 0 radical (unpaired) electrons. The van der Waals surface area contributed by atoms with Gasteiger partial charge < -0.3 is 30.5 Å². The number of carboxylic acid groups (broad SMARTS) is 1. The van der Waals surface area contributed by atoms with E-state index < -0.39 is 41.5 Å². The number of nitrogens with two attached hydrogens (primary N) is 1. The van der Waals surface area contributed by atoms with E-state index in [1.807, 2.05) is 0 Å². The van der Waals surface area contributed by atoms with Gasteiger partial charge in [-0.15, -0.1) is 23.1 Å². The van der Waals surface area contributed by atoms with Gasteiger partial charge in [-0.3, -0.25) is 14.5 Å². The van der Waals surface area contributed by atoms with E-state index in [1.165, 1.54) is 37.3 Å². The van der Waals surface area contributed by atoms with Crippen LogP contribution in [-0.2, 0) is 33.5 Å². The molecular weight excluding hydrogens is 478 g/mol. The molecule has 3 atom stereocenters. The monoisotopic (exact) mass is 495 g/mol. The summed E-state index contributed by atoms with van der Waals surface area (Å²) in [4.78, 5) is 58.7. The molecule has 1 fully saturated rings. The van der Waals surface area contributed by atoms with Crippen molar-refractivity contribution < 1.29 is 38.6 Å². The van der Waals surface area contributed by atoms with Crippen molar-refractivity contribution in [3.63, 3.8) is 0 Å². The molecule has 15 heteroatoms. The normalized spacial score (nSPS) is 24.5. The molecule has 4 N–H and O–H groups in total. The number of aromatic nitrogens is 1. The first-order valence-corrected chi connectivity index (χ1v) is 11.2. The number of anilines is 1. The van der Waals surface area contributed by atoms with Gasteiger partial charge in [0.1, 0.15) is 30.0 Å². The largest absolute Gasteiger partial charge is 0.476 e. The molecule has 0 spiro atoms. The molecule has 4 rings (SSSR count). The summed E-state index contributed by atoms with van der Waals surface area (Å²) < 4.78 is 10.5. The Morgan fingerprint density at radius 3 is 2.76 bits per heavy atom. The first-order chi connectivity index (χ1) is 15.7. The van der Waals surface area contributed by atoms with Crippen LogP contribution in [0, 0.1) is 0 Å². The van der Waals surface area contributed by atoms with Gasteiger partial charge in [0.15, 0.2) is 16.5 Å². The molecule has 174 valence electrons. The number of β-lactam (4-membered cyclic amide) rings is 1. The van der Waals surface area contributed by atoms with Crippen LogP contribution in [0.2, 0.25) is 0 Å². The third-order valence-electron chi connectivity index (χ3n) is 4.77. The van der Waals surface area contributed by atoms with Gasteiger partial charge in [0.2, 0.25) is 0 Å². The second-order valence-corrected chi connectivity index (χ2v) is 8.87. The maximum absolute atomic E-state index is 12.8. The number of esters is 1. The van der Waals surface area contributed by atoms with Crippen LogP contribution >= 0.6 is 23.1 Å². The van der Waals surface area contributed by atoms with E-state index in [9.17, 15) is 24.3 Å². The van der Waals surface area contributed by atoms with E-state index in [0.717, 1.165) is 16.2 Å². The molecule has 0 bridgehead atoms. The number of hydrogen-bond acceptors (Lipinski definition) is 12. The molecule has 13 nitrogen and oxygen atoms in total. The number of thiazole rings is 1. The number of carbonyl (C=O) groups excluding carboxylic acids is 3. The molecule has 0 aliphatic carbocycles. The molecule has 3 aliphatic heterocycles. The van der Waals surface area contributed by atoms with Gasteiger partial charge in [-0.05, 0) is 6.92 Å². The molecule has 0 saturated carbocycles. The fourth-order valence-corrected chi connectivity index (χ4v) is 5.10. The van der Waals surface area contributed by atoms with Crippen molar-refractivity contribution in [1.82, 2.24) is 15.2 Å². The van der Waals surface area contributed by atoms with Crippen molar-refractivity contribution in [2.75, 3.05) is 18.6 Å². The summed E-state index contributed by atoms with van der Waals surface area (Å²) in [6.45, 7) is 1.54. The summed E-state index contributed by atoms with van der Waals surface area (Å²) in [7, 11) is 1.25. The predicted molar refractivity (Wildman–Crippen MR) is 114 cm³/mol. The Bertz CT molecular complexity index is 1140. The number of amides is 2. The van der Waals surface area contributed by atoms with Crippen LogP contribution in [0.3, 0.4) is 0 Å². The summed E-state index contributed by atoms with van der Waals surface area (Å²) in [5.41, 5.74) is 5.55. The van der Waals surface area contributed by atoms with Gasteiger partial charge in [-0.2, -0.15) is 0 Å². The predicted octanol–water partition coefficient (Wildman–Crippen LogP) is -0.382. The fraction of sp³-hybridized carbons (Fsp3) is 0.333. The van der Waals surface area contributed by atoms with Crippen molar-refractivity contribution >= 4 is 57.7 Å². The van der Waals surface area contributed by atoms with Crippen molar-refractivity contribution in [2.45, 2.75) is 24.6 Å². The molecule has 3 aliphatic rings. The van der Waals surface area contributed by atoms with Gasteiger partial charge in [0.05, 0.1) is 5.75 Å². The number of carboxylic acids is 1. The molecule has 1 unspecified atom stereocenters. The van der Waals surface area contributed by atoms with E-state index in [2.05, 4.69) is 15.5 Å².